The van der Waals surface area contributed by atoms with Gasteiger partial charge in [-0.25, -0.2) is 4.39 Å². The number of nitrogens with zero attached hydrogens (tertiary/aromatic N) is 2. The van der Waals surface area contributed by atoms with E-state index in [1.807, 2.05) is 6.92 Å². The summed E-state index contributed by atoms with van der Waals surface area (Å²) in [5.74, 6) is -0.701. The molecule has 100 valence electrons. The second kappa shape index (κ2) is 5.13. The normalized spacial score (nSPS) is 10.6. The highest BCUT2D eigenvalue weighted by Gasteiger charge is 2.18. The van der Waals surface area contributed by atoms with Crippen LogP contribution in [0.3, 0.4) is 0 Å². The predicted octanol–water partition coefficient (Wildman–Crippen LogP) is 3.19. The Morgan fingerprint density at radius 2 is 2.11 bits per heavy atom. The van der Waals surface area contributed by atoms with Crippen LogP contribution in [-0.4, -0.2) is 15.7 Å². The molecule has 4 nitrogen and oxygen atoms in total. The van der Waals surface area contributed by atoms with E-state index in [4.69, 9.17) is 0 Å². The number of aryl methyl sites for hydroxylation is 2. The lowest BCUT2D eigenvalue weighted by atomic mass is 10.2. The van der Waals surface area contributed by atoms with Crippen molar-refractivity contribution in [3.05, 3.63) is 45.4 Å². The van der Waals surface area contributed by atoms with Gasteiger partial charge < -0.3 is 5.32 Å². The van der Waals surface area contributed by atoms with Crippen molar-refractivity contribution in [3.63, 3.8) is 0 Å². The average Bonchev–Trinajstić information content (AvgIpc) is 2.58. The Hall–Kier alpha value is -1.69. The van der Waals surface area contributed by atoms with Gasteiger partial charge in [-0.3, -0.25) is 9.48 Å². The summed E-state index contributed by atoms with van der Waals surface area (Å²) in [4.78, 5) is 12.2. The van der Waals surface area contributed by atoms with Crippen molar-refractivity contribution >= 4 is 27.5 Å². The molecule has 19 heavy (non-hydrogen) atoms. The fourth-order valence-corrected chi connectivity index (χ4v) is 2.23. The van der Waals surface area contributed by atoms with E-state index < -0.39 is 5.82 Å². The highest BCUT2D eigenvalue weighted by molar-refractivity contribution is 9.10. The van der Waals surface area contributed by atoms with E-state index in [9.17, 15) is 9.18 Å². The van der Waals surface area contributed by atoms with E-state index in [2.05, 4.69) is 26.3 Å². The molecule has 2 aromatic rings. The molecule has 1 amide bonds. The Morgan fingerprint density at radius 1 is 1.42 bits per heavy atom. The van der Waals surface area contributed by atoms with Crippen molar-refractivity contribution in [1.82, 2.24) is 9.78 Å². The third-order valence-corrected chi connectivity index (χ3v) is 3.60. The van der Waals surface area contributed by atoms with Crippen molar-refractivity contribution in [2.24, 2.45) is 7.05 Å². The van der Waals surface area contributed by atoms with Crippen LogP contribution in [0.4, 0.5) is 10.1 Å². The van der Waals surface area contributed by atoms with Gasteiger partial charge in [0.25, 0.3) is 5.91 Å². The Kier molecular flexibility index (Phi) is 3.71. The van der Waals surface area contributed by atoms with Gasteiger partial charge in [0.05, 0.1) is 16.9 Å². The number of benzene rings is 1. The molecule has 0 saturated carbocycles. The maximum Gasteiger partial charge on any atom is 0.259 e. The van der Waals surface area contributed by atoms with Crippen LogP contribution in [0.1, 0.15) is 21.7 Å². The number of carbonyl (C=O) groups is 1. The number of halogens is 2. The summed E-state index contributed by atoms with van der Waals surface area (Å²) in [5, 5.41) is 6.87. The van der Waals surface area contributed by atoms with Crippen LogP contribution in [-0.2, 0) is 7.05 Å². The van der Waals surface area contributed by atoms with Crippen LogP contribution in [0.25, 0.3) is 0 Å². The predicted molar refractivity (Wildman–Crippen MR) is 74.7 cm³/mol. The van der Waals surface area contributed by atoms with E-state index in [1.54, 1.807) is 24.7 Å². The van der Waals surface area contributed by atoms with Gasteiger partial charge in [0.2, 0.25) is 0 Å². The van der Waals surface area contributed by atoms with Gasteiger partial charge in [0.15, 0.2) is 0 Å². The van der Waals surface area contributed by atoms with Gasteiger partial charge in [-0.2, -0.15) is 5.10 Å². The fraction of sp³-hybridized carbons (Fsp3) is 0.231. The molecule has 6 heteroatoms. The quantitative estimate of drug-likeness (QED) is 0.921. The molecule has 0 fully saturated rings. The average molecular weight is 326 g/mol. The number of carbonyl (C=O) groups excluding carboxylic acids is 1. The lowest BCUT2D eigenvalue weighted by Crippen LogP contribution is -2.14. The first-order valence-electron chi connectivity index (χ1n) is 5.66. The topological polar surface area (TPSA) is 46.9 Å². The minimum atomic E-state index is -0.405. The molecule has 1 N–H and O–H groups in total. The molecule has 1 aromatic carbocycles. The highest BCUT2D eigenvalue weighted by Crippen LogP contribution is 2.24. The van der Waals surface area contributed by atoms with Gasteiger partial charge in [-0.1, -0.05) is 0 Å². The lowest BCUT2D eigenvalue weighted by Gasteiger charge is -2.07. The third-order valence-electron chi connectivity index (χ3n) is 2.91. The number of rotatable bonds is 2. The van der Waals surface area contributed by atoms with Crippen LogP contribution < -0.4 is 5.32 Å². The highest BCUT2D eigenvalue weighted by atomic mass is 79.9. The van der Waals surface area contributed by atoms with Crippen LogP contribution in [0, 0.1) is 19.7 Å². The van der Waals surface area contributed by atoms with Gasteiger partial charge in [-0.15, -0.1) is 0 Å². The molecule has 0 bridgehead atoms. The zero-order valence-corrected chi connectivity index (χ0v) is 12.4. The first kappa shape index (κ1) is 13.7. The second-order valence-corrected chi connectivity index (χ2v) is 5.10. The smallest absolute Gasteiger partial charge is 0.259 e. The summed E-state index contributed by atoms with van der Waals surface area (Å²) in [7, 11) is 1.78. The van der Waals surface area contributed by atoms with Crippen molar-refractivity contribution in [2.45, 2.75) is 13.8 Å². The van der Waals surface area contributed by atoms with Crippen LogP contribution in [0.5, 0.6) is 0 Å². The molecule has 0 aliphatic heterocycles. The molecule has 1 aromatic heterocycles. The Morgan fingerprint density at radius 3 is 2.68 bits per heavy atom. The van der Waals surface area contributed by atoms with Gasteiger partial charge in [0, 0.05) is 17.2 Å². The minimum absolute atomic E-state index is 0.297. The summed E-state index contributed by atoms with van der Waals surface area (Å²) in [6.07, 6.45) is 0. The summed E-state index contributed by atoms with van der Waals surface area (Å²) >= 11 is 3.27. The number of anilines is 1. The maximum absolute atomic E-state index is 13.2. The Bertz CT molecular complexity index is 652. The number of amides is 1. The molecule has 0 saturated heterocycles. The Labute approximate surface area is 118 Å². The van der Waals surface area contributed by atoms with E-state index in [0.717, 1.165) is 5.69 Å². The van der Waals surface area contributed by atoms with Crippen molar-refractivity contribution in [2.75, 3.05) is 5.32 Å². The summed E-state index contributed by atoms with van der Waals surface area (Å²) < 4.78 is 15.4. The lowest BCUT2D eigenvalue weighted by molar-refractivity contribution is 0.102. The molecular formula is C13H13BrFN3O. The van der Waals surface area contributed by atoms with E-state index >= 15 is 0 Å². The largest absolute Gasteiger partial charge is 0.321 e. The molecule has 0 atom stereocenters. The van der Waals surface area contributed by atoms with Gasteiger partial charge in [0.1, 0.15) is 5.82 Å². The molecule has 0 unspecified atom stereocenters. The molecule has 0 spiro atoms. The molecule has 0 aliphatic rings. The van der Waals surface area contributed by atoms with Crippen molar-refractivity contribution in [1.29, 1.82) is 0 Å². The van der Waals surface area contributed by atoms with E-state index in [-0.39, 0.29) is 5.91 Å². The molecular weight excluding hydrogens is 313 g/mol. The van der Waals surface area contributed by atoms with Crippen LogP contribution in [0.15, 0.2) is 22.7 Å². The summed E-state index contributed by atoms with van der Waals surface area (Å²) in [6, 6.07) is 4.14. The molecule has 0 radical (unpaired) electrons. The number of aromatic nitrogens is 2. The summed E-state index contributed by atoms with van der Waals surface area (Å²) in [6.45, 7) is 3.58. The van der Waals surface area contributed by atoms with E-state index in [0.29, 0.717) is 21.4 Å². The van der Waals surface area contributed by atoms with Crippen molar-refractivity contribution < 1.29 is 9.18 Å². The Balaban J connectivity index is 2.33. The minimum Gasteiger partial charge on any atom is -0.321 e. The number of hydrogen-bond donors (Lipinski definition) is 1. The summed E-state index contributed by atoms with van der Waals surface area (Å²) in [5.41, 5.74) is 2.32. The van der Waals surface area contributed by atoms with Crippen LogP contribution in [0.2, 0.25) is 0 Å². The zero-order chi connectivity index (χ0) is 14.2. The number of hydrogen-bond acceptors (Lipinski definition) is 2. The monoisotopic (exact) mass is 325 g/mol. The zero-order valence-electron chi connectivity index (χ0n) is 10.8. The molecule has 0 aliphatic carbocycles. The van der Waals surface area contributed by atoms with Crippen LogP contribution >= 0.6 is 15.9 Å². The standard InChI is InChI=1S/C13H13BrFN3O/c1-7-12(8(2)18(3)17-7)13(19)16-11-6-9(15)4-5-10(11)14/h4-6H,1-3H3,(H,16,19). The second-order valence-electron chi connectivity index (χ2n) is 4.25. The SMILES string of the molecule is Cc1nn(C)c(C)c1C(=O)Nc1cc(F)ccc1Br. The number of nitrogens with one attached hydrogen (secondary N) is 1. The molecule has 2 rings (SSSR count). The third kappa shape index (κ3) is 2.68. The fourth-order valence-electron chi connectivity index (χ4n) is 1.88. The van der Waals surface area contributed by atoms with E-state index in [1.165, 1.54) is 12.1 Å². The molecule has 1 heterocycles. The maximum atomic E-state index is 13.2. The van der Waals surface area contributed by atoms with Gasteiger partial charge in [-0.05, 0) is 48.0 Å². The first-order chi connectivity index (χ1) is 8.90. The van der Waals surface area contributed by atoms with Gasteiger partial charge >= 0.3 is 0 Å². The van der Waals surface area contributed by atoms with Crippen molar-refractivity contribution in [3.8, 4) is 0 Å². The first-order valence-corrected chi connectivity index (χ1v) is 6.46.